The number of hydrogen-bond donors (Lipinski definition) is 2. The molecule has 0 radical (unpaired) electrons. The summed E-state index contributed by atoms with van der Waals surface area (Å²) in [5, 5.41) is 11.7. The lowest BCUT2D eigenvalue weighted by Gasteiger charge is -2.28. The highest BCUT2D eigenvalue weighted by molar-refractivity contribution is 7.91. The zero-order valence-corrected chi connectivity index (χ0v) is 12.0. The van der Waals surface area contributed by atoms with Crippen LogP contribution in [0, 0.1) is 0 Å². The normalized spacial score (nSPS) is 18.8. The van der Waals surface area contributed by atoms with Crippen molar-refractivity contribution in [3.63, 3.8) is 0 Å². The van der Waals surface area contributed by atoms with Crippen LogP contribution in [0.4, 0.5) is 4.79 Å². The number of nitrogens with zero attached hydrogens (tertiary/aromatic N) is 1. The predicted octanol–water partition coefficient (Wildman–Crippen LogP) is 0.252. The summed E-state index contributed by atoms with van der Waals surface area (Å²) in [7, 11) is -3.08. The maximum Gasteiger partial charge on any atom is 0.330 e. The van der Waals surface area contributed by atoms with Gasteiger partial charge < -0.3 is 15.3 Å². The average molecular weight is 312 g/mol. The van der Waals surface area contributed by atoms with Gasteiger partial charge in [-0.2, -0.15) is 0 Å². The van der Waals surface area contributed by atoms with Gasteiger partial charge in [0, 0.05) is 13.1 Å². The summed E-state index contributed by atoms with van der Waals surface area (Å²) in [6, 6.07) is 6.62. The molecule has 8 heteroatoms. The quantitative estimate of drug-likeness (QED) is 0.833. The molecule has 1 fully saturated rings. The number of urea groups is 1. The van der Waals surface area contributed by atoms with E-state index in [0.717, 1.165) is 0 Å². The molecule has 0 saturated carbocycles. The Morgan fingerprint density at radius 3 is 2.24 bits per heavy atom. The van der Waals surface area contributed by atoms with Crippen molar-refractivity contribution < 1.29 is 23.1 Å². The minimum Gasteiger partial charge on any atom is -0.479 e. The fourth-order valence-corrected chi connectivity index (χ4v) is 3.26. The second kappa shape index (κ2) is 6.13. The molecular weight excluding hydrogens is 296 g/mol. The van der Waals surface area contributed by atoms with E-state index in [2.05, 4.69) is 5.32 Å². The number of rotatable bonds is 3. The molecule has 1 aromatic carbocycles. The summed E-state index contributed by atoms with van der Waals surface area (Å²) in [6.45, 7) is 0.157. The first kappa shape index (κ1) is 15.3. The van der Waals surface area contributed by atoms with E-state index >= 15 is 0 Å². The molecule has 0 aromatic heterocycles. The van der Waals surface area contributed by atoms with Gasteiger partial charge in [-0.15, -0.1) is 0 Å². The summed E-state index contributed by atoms with van der Waals surface area (Å²) in [5.41, 5.74) is 0.461. The Hall–Kier alpha value is -2.09. The molecule has 21 heavy (non-hydrogen) atoms. The van der Waals surface area contributed by atoms with Crippen LogP contribution in [0.2, 0.25) is 0 Å². The average Bonchev–Trinajstić information content (AvgIpc) is 2.45. The Balaban J connectivity index is 2.05. The van der Waals surface area contributed by atoms with Crippen LogP contribution in [0.5, 0.6) is 0 Å². The van der Waals surface area contributed by atoms with Gasteiger partial charge in [0.25, 0.3) is 0 Å². The van der Waals surface area contributed by atoms with Gasteiger partial charge in [0.2, 0.25) is 0 Å². The largest absolute Gasteiger partial charge is 0.479 e. The Kier molecular flexibility index (Phi) is 4.46. The Morgan fingerprint density at radius 2 is 1.71 bits per heavy atom. The Morgan fingerprint density at radius 1 is 1.14 bits per heavy atom. The standard InChI is InChI=1S/C13H16N2O5S/c16-12(17)11(10-4-2-1-3-5-10)14-13(18)15-6-8-21(19,20)9-7-15/h1-5,11H,6-9H2,(H,14,18)(H,16,17). The SMILES string of the molecule is O=C(O)C(NC(=O)N1CCS(=O)(=O)CC1)c1ccccc1. The lowest BCUT2D eigenvalue weighted by atomic mass is 10.1. The predicted molar refractivity (Wildman–Crippen MR) is 75.6 cm³/mol. The molecule has 2 rings (SSSR count). The lowest BCUT2D eigenvalue weighted by Crippen LogP contribution is -2.49. The monoisotopic (exact) mass is 312 g/mol. The third-order valence-corrected chi connectivity index (χ3v) is 4.89. The smallest absolute Gasteiger partial charge is 0.330 e. The van der Waals surface area contributed by atoms with Gasteiger partial charge in [0.05, 0.1) is 11.5 Å². The summed E-state index contributed by atoms with van der Waals surface area (Å²) in [5.74, 6) is -1.35. The number of benzene rings is 1. The van der Waals surface area contributed by atoms with Crippen molar-refractivity contribution in [2.24, 2.45) is 0 Å². The number of carboxylic acid groups (broad SMARTS) is 1. The highest BCUT2D eigenvalue weighted by atomic mass is 32.2. The molecular formula is C13H16N2O5S. The van der Waals surface area contributed by atoms with Gasteiger partial charge in [-0.05, 0) is 5.56 Å². The molecule has 1 unspecified atom stereocenters. The number of aliphatic carboxylic acids is 1. The van der Waals surface area contributed by atoms with Crippen molar-refractivity contribution in [3.05, 3.63) is 35.9 Å². The number of amides is 2. The second-order valence-corrected chi connectivity index (χ2v) is 7.07. The van der Waals surface area contributed by atoms with Gasteiger partial charge in [-0.3, -0.25) is 0 Å². The van der Waals surface area contributed by atoms with Crippen molar-refractivity contribution >= 4 is 21.8 Å². The first-order valence-electron chi connectivity index (χ1n) is 6.43. The van der Waals surface area contributed by atoms with E-state index in [1.165, 1.54) is 4.90 Å². The van der Waals surface area contributed by atoms with E-state index in [-0.39, 0.29) is 24.6 Å². The van der Waals surface area contributed by atoms with Crippen molar-refractivity contribution in [3.8, 4) is 0 Å². The van der Waals surface area contributed by atoms with Crippen molar-refractivity contribution in [1.82, 2.24) is 10.2 Å². The molecule has 0 spiro atoms. The summed E-state index contributed by atoms with van der Waals surface area (Å²) in [4.78, 5) is 24.7. The molecule has 2 N–H and O–H groups in total. The number of nitrogens with one attached hydrogen (secondary N) is 1. The fourth-order valence-electron chi connectivity index (χ4n) is 2.06. The number of carbonyl (C=O) groups is 2. The fraction of sp³-hybridized carbons (Fsp3) is 0.385. The highest BCUT2D eigenvalue weighted by Gasteiger charge is 2.28. The van der Waals surface area contributed by atoms with Crippen LogP contribution in [0.3, 0.4) is 0 Å². The number of carbonyl (C=O) groups excluding carboxylic acids is 1. The van der Waals surface area contributed by atoms with E-state index in [9.17, 15) is 23.1 Å². The second-order valence-electron chi connectivity index (χ2n) is 4.77. The molecule has 1 saturated heterocycles. The molecule has 0 bridgehead atoms. The molecule has 1 aliphatic rings. The van der Waals surface area contributed by atoms with E-state index in [1.807, 2.05) is 0 Å². The maximum absolute atomic E-state index is 12.1. The number of carboxylic acids is 1. The Labute approximate surface area is 122 Å². The third-order valence-electron chi connectivity index (χ3n) is 3.28. The highest BCUT2D eigenvalue weighted by Crippen LogP contribution is 2.14. The van der Waals surface area contributed by atoms with Gasteiger partial charge in [-0.25, -0.2) is 18.0 Å². The summed E-state index contributed by atoms with van der Waals surface area (Å²) in [6.07, 6.45) is 0. The van der Waals surface area contributed by atoms with E-state index in [4.69, 9.17) is 0 Å². The van der Waals surface area contributed by atoms with Crippen LogP contribution in [0.15, 0.2) is 30.3 Å². The molecule has 1 atom stereocenters. The maximum atomic E-state index is 12.1. The Bertz CT molecular complexity index is 615. The van der Waals surface area contributed by atoms with E-state index < -0.39 is 27.9 Å². The van der Waals surface area contributed by atoms with Crippen LogP contribution >= 0.6 is 0 Å². The molecule has 1 heterocycles. The molecule has 1 aromatic rings. The first-order chi connectivity index (χ1) is 9.89. The summed E-state index contributed by atoms with van der Waals surface area (Å²) < 4.78 is 22.6. The zero-order valence-electron chi connectivity index (χ0n) is 11.2. The van der Waals surface area contributed by atoms with E-state index in [1.54, 1.807) is 30.3 Å². The summed E-state index contributed by atoms with van der Waals surface area (Å²) >= 11 is 0. The van der Waals surface area contributed by atoms with Crippen LogP contribution < -0.4 is 5.32 Å². The number of hydrogen-bond acceptors (Lipinski definition) is 4. The van der Waals surface area contributed by atoms with Gasteiger partial charge >= 0.3 is 12.0 Å². The zero-order chi connectivity index (χ0) is 15.5. The molecule has 7 nitrogen and oxygen atoms in total. The minimum absolute atomic E-state index is 0.0787. The topological polar surface area (TPSA) is 104 Å². The first-order valence-corrected chi connectivity index (χ1v) is 8.25. The van der Waals surface area contributed by atoms with Crippen molar-refractivity contribution in [2.45, 2.75) is 6.04 Å². The third kappa shape index (κ3) is 3.94. The number of sulfone groups is 1. The lowest BCUT2D eigenvalue weighted by molar-refractivity contribution is -0.139. The molecule has 0 aliphatic carbocycles. The minimum atomic E-state index is -3.08. The van der Waals surface area contributed by atoms with Crippen molar-refractivity contribution in [2.75, 3.05) is 24.6 Å². The molecule has 1 aliphatic heterocycles. The van der Waals surface area contributed by atoms with Crippen LogP contribution in [0.25, 0.3) is 0 Å². The van der Waals surface area contributed by atoms with Gasteiger partial charge in [0.15, 0.2) is 15.9 Å². The molecule has 2 amide bonds. The molecule has 114 valence electrons. The van der Waals surface area contributed by atoms with Gasteiger partial charge in [0.1, 0.15) is 0 Å². The van der Waals surface area contributed by atoms with Crippen molar-refractivity contribution in [1.29, 1.82) is 0 Å². The van der Waals surface area contributed by atoms with Crippen LogP contribution in [0.1, 0.15) is 11.6 Å². The van der Waals surface area contributed by atoms with Crippen LogP contribution in [-0.2, 0) is 14.6 Å². The van der Waals surface area contributed by atoms with Gasteiger partial charge in [-0.1, -0.05) is 30.3 Å². The van der Waals surface area contributed by atoms with E-state index in [0.29, 0.717) is 5.56 Å². The van der Waals surface area contributed by atoms with Crippen LogP contribution in [-0.4, -0.2) is 55.0 Å².